The van der Waals surface area contributed by atoms with Crippen molar-refractivity contribution in [3.63, 3.8) is 0 Å². The van der Waals surface area contributed by atoms with Crippen LogP contribution in [0.25, 0.3) is 22.4 Å². The number of rotatable bonds is 5. The number of amides is 4. The summed E-state index contributed by atoms with van der Waals surface area (Å²) in [5.41, 5.74) is 2.27. The fourth-order valence-corrected chi connectivity index (χ4v) is 3.52. The molecule has 0 unspecified atom stereocenters. The van der Waals surface area contributed by atoms with E-state index >= 15 is 0 Å². The van der Waals surface area contributed by atoms with Crippen LogP contribution >= 0.6 is 23.2 Å². The van der Waals surface area contributed by atoms with Crippen LogP contribution in [0.15, 0.2) is 66.7 Å². The molecular formula is C23H16Cl2N6O4. The van der Waals surface area contributed by atoms with E-state index in [-0.39, 0.29) is 27.3 Å². The average molecular weight is 511 g/mol. The topological polar surface area (TPSA) is 137 Å². The van der Waals surface area contributed by atoms with Gasteiger partial charge >= 0.3 is 6.03 Å². The number of hydrogen-bond donors (Lipinski definition) is 3. The molecule has 12 heteroatoms. The maximum atomic E-state index is 12.3. The third-order valence-corrected chi connectivity index (χ3v) is 5.27. The first-order valence-electron chi connectivity index (χ1n) is 10.0. The van der Waals surface area contributed by atoms with E-state index in [1.54, 1.807) is 19.1 Å². The first-order valence-corrected chi connectivity index (χ1v) is 10.8. The van der Waals surface area contributed by atoms with Crippen molar-refractivity contribution >= 4 is 58.0 Å². The Morgan fingerprint density at radius 2 is 1.77 bits per heavy atom. The number of anilines is 1. The monoisotopic (exact) mass is 510 g/mol. The van der Waals surface area contributed by atoms with Gasteiger partial charge in [0.1, 0.15) is 5.52 Å². The molecule has 0 fully saturated rings. The lowest BCUT2D eigenvalue weighted by Gasteiger charge is -2.09. The van der Waals surface area contributed by atoms with Gasteiger partial charge in [-0.2, -0.15) is 0 Å². The largest absolute Gasteiger partial charge is 0.505 e. The average Bonchev–Trinajstić information content (AvgIpc) is 3.13. The molecule has 1 aliphatic rings. The van der Waals surface area contributed by atoms with Gasteiger partial charge in [-0.05, 0) is 43.3 Å². The summed E-state index contributed by atoms with van der Waals surface area (Å²) in [5, 5.41) is 15.1. The molecule has 10 nitrogen and oxygen atoms in total. The molecule has 0 saturated carbocycles. The quantitative estimate of drug-likeness (QED) is 0.345. The number of benzene rings is 1. The number of halogens is 2. The third-order valence-electron chi connectivity index (χ3n) is 4.70. The van der Waals surface area contributed by atoms with E-state index < -0.39 is 17.8 Å². The first-order chi connectivity index (χ1) is 16.7. The third kappa shape index (κ3) is 5.45. The number of hydrogen-bond acceptors (Lipinski definition) is 7. The van der Waals surface area contributed by atoms with Crippen molar-refractivity contribution in [2.24, 2.45) is 0 Å². The Bertz CT molecular complexity index is 1430. The van der Waals surface area contributed by atoms with Gasteiger partial charge in [0.15, 0.2) is 17.2 Å². The van der Waals surface area contributed by atoms with Crippen molar-refractivity contribution in [3.05, 3.63) is 76.7 Å². The second kappa shape index (κ2) is 9.92. The Balaban J connectivity index is 1.45. The van der Waals surface area contributed by atoms with Gasteiger partial charge in [0.25, 0.3) is 11.8 Å². The number of urea groups is 1. The first kappa shape index (κ1) is 23.9. The lowest BCUT2D eigenvalue weighted by molar-refractivity contribution is -0.133. The standard InChI is InChI=1S/C23H16Cl2N6O4/c1-12(3-2-8-31-19(32)6-7-20(31)33)27-23(35)30-18-11-26-17-5-4-16(28-22(17)29-18)13-9-14(24)21(34)15(25)10-13/h2-11,34H,1H3,(H2,27,28,29,30,35)/b8-2+,12-3+. The van der Waals surface area contributed by atoms with E-state index in [1.165, 1.54) is 48.8 Å². The van der Waals surface area contributed by atoms with E-state index in [0.717, 1.165) is 4.90 Å². The molecule has 176 valence electrons. The van der Waals surface area contributed by atoms with Crippen LogP contribution < -0.4 is 10.6 Å². The van der Waals surface area contributed by atoms with Crippen LogP contribution in [0.1, 0.15) is 6.92 Å². The Labute approximate surface area is 208 Å². The number of pyridine rings is 1. The lowest BCUT2D eigenvalue weighted by atomic mass is 10.1. The molecule has 0 saturated heterocycles. The van der Waals surface area contributed by atoms with E-state index in [4.69, 9.17) is 23.2 Å². The van der Waals surface area contributed by atoms with Gasteiger partial charge in [-0.25, -0.2) is 19.7 Å². The van der Waals surface area contributed by atoms with Crippen LogP contribution in [0.4, 0.5) is 10.6 Å². The number of aromatic nitrogens is 3. The normalized spacial score (nSPS) is 13.8. The van der Waals surface area contributed by atoms with Crippen LogP contribution in [0, 0.1) is 0 Å². The summed E-state index contributed by atoms with van der Waals surface area (Å²) in [6, 6.07) is 5.87. The van der Waals surface area contributed by atoms with Gasteiger partial charge in [-0.3, -0.25) is 19.8 Å². The van der Waals surface area contributed by atoms with Crippen LogP contribution in [0.3, 0.4) is 0 Å². The highest BCUT2D eigenvalue weighted by atomic mass is 35.5. The predicted octanol–water partition coefficient (Wildman–Crippen LogP) is 4.17. The number of carbonyl (C=O) groups is 3. The number of phenols is 1. The summed E-state index contributed by atoms with van der Waals surface area (Å²) >= 11 is 12.0. The van der Waals surface area contributed by atoms with E-state index in [9.17, 15) is 19.5 Å². The van der Waals surface area contributed by atoms with Gasteiger partial charge in [0.05, 0.1) is 21.9 Å². The number of allylic oxidation sites excluding steroid dienone is 3. The zero-order chi connectivity index (χ0) is 25.1. The Hall–Kier alpha value is -4.28. The second-order valence-electron chi connectivity index (χ2n) is 7.23. The van der Waals surface area contributed by atoms with Gasteiger partial charge in [0.2, 0.25) is 0 Å². The van der Waals surface area contributed by atoms with Crippen molar-refractivity contribution in [1.29, 1.82) is 0 Å². The number of fused-ring (bicyclic) bond motifs is 1. The number of nitrogens with one attached hydrogen (secondary N) is 2. The van der Waals surface area contributed by atoms with Crippen molar-refractivity contribution < 1.29 is 19.5 Å². The molecule has 35 heavy (non-hydrogen) atoms. The van der Waals surface area contributed by atoms with Gasteiger partial charge in [-0.1, -0.05) is 23.2 Å². The Kier molecular flexibility index (Phi) is 6.76. The summed E-state index contributed by atoms with van der Waals surface area (Å²) in [5.74, 6) is -0.938. The van der Waals surface area contributed by atoms with Crippen LogP contribution in [-0.2, 0) is 9.59 Å². The molecule has 3 N–H and O–H groups in total. The molecular weight excluding hydrogens is 495 g/mol. The number of phenolic OH excluding ortho intramolecular Hbond substituents is 1. The van der Waals surface area contributed by atoms with E-state index in [0.29, 0.717) is 22.5 Å². The van der Waals surface area contributed by atoms with Crippen LogP contribution in [0.2, 0.25) is 10.0 Å². The van der Waals surface area contributed by atoms with Crippen molar-refractivity contribution in [3.8, 4) is 17.0 Å². The molecule has 0 radical (unpaired) electrons. The van der Waals surface area contributed by atoms with Crippen molar-refractivity contribution in [1.82, 2.24) is 25.2 Å². The molecule has 4 amide bonds. The molecule has 4 rings (SSSR count). The highest BCUT2D eigenvalue weighted by Crippen LogP contribution is 2.36. The molecule has 1 aromatic carbocycles. The summed E-state index contributed by atoms with van der Waals surface area (Å²) in [7, 11) is 0. The minimum atomic E-state index is -0.580. The maximum Gasteiger partial charge on any atom is 0.324 e. The van der Waals surface area contributed by atoms with Gasteiger partial charge < -0.3 is 10.4 Å². The van der Waals surface area contributed by atoms with Crippen molar-refractivity contribution in [2.75, 3.05) is 5.32 Å². The van der Waals surface area contributed by atoms with Crippen LogP contribution in [-0.4, -0.2) is 42.8 Å². The number of aromatic hydroxyl groups is 1. The molecule has 1 aliphatic heterocycles. The minimum Gasteiger partial charge on any atom is -0.505 e. The molecule has 3 heterocycles. The zero-order valence-electron chi connectivity index (χ0n) is 18.0. The van der Waals surface area contributed by atoms with Gasteiger partial charge in [0, 0.05) is 29.6 Å². The molecule has 0 spiro atoms. The summed E-state index contributed by atoms with van der Waals surface area (Å²) in [6.45, 7) is 1.63. The number of nitrogens with zero attached hydrogens (tertiary/aromatic N) is 4. The highest BCUT2D eigenvalue weighted by molar-refractivity contribution is 6.37. The number of carbonyl (C=O) groups excluding carboxylic acids is 3. The Morgan fingerprint density at radius 1 is 1.09 bits per heavy atom. The summed E-state index contributed by atoms with van der Waals surface area (Å²) in [6.07, 6.45) is 8.01. The Morgan fingerprint density at radius 3 is 2.46 bits per heavy atom. The fraction of sp³-hybridized carbons (Fsp3) is 0.0435. The molecule has 2 aromatic heterocycles. The van der Waals surface area contributed by atoms with E-state index in [2.05, 4.69) is 25.6 Å². The lowest BCUT2D eigenvalue weighted by Crippen LogP contribution is -2.27. The van der Waals surface area contributed by atoms with E-state index in [1.807, 2.05) is 0 Å². The second-order valence-corrected chi connectivity index (χ2v) is 8.05. The zero-order valence-corrected chi connectivity index (χ0v) is 19.5. The highest BCUT2D eigenvalue weighted by Gasteiger charge is 2.20. The maximum absolute atomic E-state index is 12.3. The van der Waals surface area contributed by atoms with Crippen LogP contribution in [0.5, 0.6) is 5.75 Å². The summed E-state index contributed by atoms with van der Waals surface area (Å²) < 4.78 is 0. The molecule has 0 bridgehead atoms. The predicted molar refractivity (Wildman–Crippen MR) is 130 cm³/mol. The smallest absolute Gasteiger partial charge is 0.324 e. The van der Waals surface area contributed by atoms with Crippen molar-refractivity contribution in [2.45, 2.75) is 6.92 Å². The minimum absolute atomic E-state index is 0.0844. The van der Waals surface area contributed by atoms with Gasteiger partial charge in [-0.15, -0.1) is 0 Å². The number of imide groups is 1. The molecule has 0 aliphatic carbocycles. The fourth-order valence-electron chi connectivity index (χ4n) is 3.03. The molecule has 3 aromatic rings. The summed E-state index contributed by atoms with van der Waals surface area (Å²) in [4.78, 5) is 49.3. The molecule has 0 atom stereocenters. The SMILES string of the molecule is C/C(=C\C=C\N1C(=O)C=CC1=O)NC(=O)Nc1cnc2ccc(-c3cc(Cl)c(O)c(Cl)c3)nc2n1.